The van der Waals surface area contributed by atoms with Gasteiger partial charge in [0.15, 0.2) is 0 Å². The van der Waals surface area contributed by atoms with Crippen LogP contribution in [0.15, 0.2) is 42.0 Å². The van der Waals surface area contributed by atoms with E-state index < -0.39 is 0 Å². The Labute approximate surface area is 85.4 Å². The Morgan fingerprint density at radius 2 is 1.93 bits per heavy atom. The van der Waals surface area contributed by atoms with E-state index in [1.165, 1.54) is 24.8 Å². The van der Waals surface area contributed by atoms with Gasteiger partial charge in [0.2, 0.25) is 0 Å². The molecule has 1 nitrogen and oxygen atoms in total. The lowest BCUT2D eigenvalue weighted by Crippen LogP contribution is -1.99. The highest BCUT2D eigenvalue weighted by molar-refractivity contribution is 5.13. The Morgan fingerprint density at radius 1 is 1.14 bits per heavy atom. The molecular weight excluding hydrogens is 172 g/mol. The van der Waals surface area contributed by atoms with E-state index in [0.717, 1.165) is 13.2 Å². The zero-order valence-electron chi connectivity index (χ0n) is 8.41. The number of ether oxygens (including phenoxy) is 1. The molecule has 0 unspecified atom stereocenters. The van der Waals surface area contributed by atoms with E-state index in [2.05, 4.69) is 18.2 Å². The molecule has 0 aliphatic heterocycles. The molecule has 0 radical (unpaired) electrons. The SMILES string of the molecule is C(COCc1ccccc1)=C1CCC1. The molecule has 0 heterocycles. The van der Waals surface area contributed by atoms with Gasteiger partial charge in [-0.05, 0) is 24.8 Å². The van der Waals surface area contributed by atoms with Crippen molar-refractivity contribution in [2.75, 3.05) is 6.61 Å². The Bertz CT molecular complexity index is 294. The number of hydrogen-bond acceptors (Lipinski definition) is 1. The molecule has 0 spiro atoms. The van der Waals surface area contributed by atoms with E-state index in [4.69, 9.17) is 4.74 Å². The lowest BCUT2D eigenvalue weighted by atomic mass is 9.92. The fourth-order valence-electron chi connectivity index (χ4n) is 1.51. The van der Waals surface area contributed by atoms with Crippen molar-refractivity contribution in [2.24, 2.45) is 0 Å². The highest BCUT2D eigenvalue weighted by Gasteiger charge is 2.06. The molecule has 1 saturated carbocycles. The molecule has 0 aromatic heterocycles. The molecule has 74 valence electrons. The quantitative estimate of drug-likeness (QED) is 0.520. The Kier molecular flexibility index (Phi) is 3.36. The predicted octanol–water partition coefficient (Wildman–Crippen LogP) is 3.31. The van der Waals surface area contributed by atoms with Crippen molar-refractivity contribution in [3.8, 4) is 0 Å². The molecule has 0 N–H and O–H groups in total. The first-order chi connectivity index (χ1) is 6.95. The molecule has 1 heteroatoms. The van der Waals surface area contributed by atoms with Crippen molar-refractivity contribution < 1.29 is 4.74 Å². The smallest absolute Gasteiger partial charge is 0.0721 e. The first-order valence-electron chi connectivity index (χ1n) is 5.25. The third kappa shape index (κ3) is 2.71. The van der Waals surface area contributed by atoms with E-state index in [1.54, 1.807) is 5.57 Å². The number of benzene rings is 1. The molecule has 14 heavy (non-hydrogen) atoms. The van der Waals surface area contributed by atoms with Gasteiger partial charge in [-0.3, -0.25) is 0 Å². The Hall–Kier alpha value is -1.08. The minimum atomic E-state index is 0.727. The van der Waals surface area contributed by atoms with Crippen molar-refractivity contribution >= 4 is 0 Å². The van der Waals surface area contributed by atoms with Crippen LogP contribution in [-0.4, -0.2) is 6.61 Å². The normalized spacial score (nSPS) is 15.0. The highest BCUT2D eigenvalue weighted by atomic mass is 16.5. The van der Waals surface area contributed by atoms with Gasteiger partial charge < -0.3 is 4.74 Å². The highest BCUT2D eigenvalue weighted by Crippen LogP contribution is 2.24. The largest absolute Gasteiger partial charge is 0.373 e. The van der Waals surface area contributed by atoms with Crippen LogP contribution in [0, 0.1) is 0 Å². The summed E-state index contributed by atoms with van der Waals surface area (Å²) >= 11 is 0. The second kappa shape index (κ2) is 4.97. The third-order valence-corrected chi connectivity index (χ3v) is 2.60. The zero-order chi connectivity index (χ0) is 9.64. The van der Waals surface area contributed by atoms with Crippen LogP contribution in [0.5, 0.6) is 0 Å². The molecule has 0 amide bonds. The van der Waals surface area contributed by atoms with Gasteiger partial charge >= 0.3 is 0 Å². The number of hydrogen-bond donors (Lipinski definition) is 0. The summed E-state index contributed by atoms with van der Waals surface area (Å²) < 4.78 is 5.55. The van der Waals surface area contributed by atoms with Crippen molar-refractivity contribution in [1.82, 2.24) is 0 Å². The summed E-state index contributed by atoms with van der Waals surface area (Å²) in [7, 11) is 0. The summed E-state index contributed by atoms with van der Waals surface area (Å²) in [6, 6.07) is 10.3. The van der Waals surface area contributed by atoms with E-state index in [1.807, 2.05) is 18.2 Å². The van der Waals surface area contributed by atoms with Crippen LogP contribution in [0.25, 0.3) is 0 Å². The van der Waals surface area contributed by atoms with Crippen LogP contribution in [0.2, 0.25) is 0 Å². The van der Waals surface area contributed by atoms with Crippen LogP contribution in [0.1, 0.15) is 24.8 Å². The minimum absolute atomic E-state index is 0.727. The zero-order valence-corrected chi connectivity index (χ0v) is 8.41. The van der Waals surface area contributed by atoms with Gasteiger partial charge in [-0.15, -0.1) is 0 Å². The minimum Gasteiger partial charge on any atom is -0.373 e. The first kappa shape index (κ1) is 9.47. The monoisotopic (exact) mass is 188 g/mol. The fourth-order valence-corrected chi connectivity index (χ4v) is 1.51. The molecule has 1 aromatic carbocycles. The molecular formula is C13H16O. The van der Waals surface area contributed by atoms with Gasteiger partial charge in [-0.25, -0.2) is 0 Å². The van der Waals surface area contributed by atoms with Crippen LogP contribution < -0.4 is 0 Å². The standard InChI is InChI=1S/C13H16O/c1-2-5-13(6-3-1)11-14-10-9-12-7-4-8-12/h1-3,5-6,9H,4,7-8,10-11H2. The summed E-state index contributed by atoms with van der Waals surface area (Å²) in [5, 5.41) is 0. The lowest BCUT2D eigenvalue weighted by Gasteiger charge is -2.15. The molecule has 1 aromatic rings. The van der Waals surface area contributed by atoms with Crippen molar-refractivity contribution in [3.05, 3.63) is 47.5 Å². The molecule has 0 atom stereocenters. The average molecular weight is 188 g/mol. The summed E-state index contributed by atoms with van der Waals surface area (Å²) in [6.07, 6.45) is 6.17. The maximum absolute atomic E-state index is 5.55. The molecule has 0 saturated heterocycles. The number of allylic oxidation sites excluding steroid dienone is 1. The van der Waals surface area contributed by atoms with E-state index >= 15 is 0 Å². The predicted molar refractivity (Wildman–Crippen MR) is 58.0 cm³/mol. The summed E-state index contributed by atoms with van der Waals surface area (Å²) in [5.41, 5.74) is 2.82. The maximum atomic E-state index is 5.55. The summed E-state index contributed by atoms with van der Waals surface area (Å²) in [6.45, 7) is 1.49. The third-order valence-electron chi connectivity index (χ3n) is 2.60. The lowest BCUT2D eigenvalue weighted by molar-refractivity contribution is 0.147. The van der Waals surface area contributed by atoms with E-state index in [-0.39, 0.29) is 0 Å². The van der Waals surface area contributed by atoms with Gasteiger partial charge in [0.1, 0.15) is 0 Å². The fraction of sp³-hybridized carbons (Fsp3) is 0.385. The van der Waals surface area contributed by atoms with Crippen molar-refractivity contribution in [2.45, 2.75) is 25.9 Å². The van der Waals surface area contributed by atoms with Gasteiger partial charge in [0.25, 0.3) is 0 Å². The van der Waals surface area contributed by atoms with Gasteiger partial charge in [0.05, 0.1) is 13.2 Å². The molecule has 2 rings (SSSR count). The van der Waals surface area contributed by atoms with Crippen LogP contribution >= 0.6 is 0 Å². The van der Waals surface area contributed by atoms with Gasteiger partial charge in [-0.2, -0.15) is 0 Å². The molecule has 1 fully saturated rings. The number of rotatable bonds is 4. The second-order valence-corrected chi connectivity index (χ2v) is 3.72. The average Bonchev–Trinajstić information content (AvgIpc) is 2.16. The maximum Gasteiger partial charge on any atom is 0.0721 e. The molecule has 1 aliphatic carbocycles. The van der Waals surface area contributed by atoms with E-state index in [0.29, 0.717) is 0 Å². The Morgan fingerprint density at radius 3 is 2.57 bits per heavy atom. The summed E-state index contributed by atoms with van der Waals surface area (Å²) in [5.74, 6) is 0. The van der Waals surface area contributed by atoms with E-state index in [9.17, 15) is 0 Å². The summed E-state index contributed by atoms with van der Waals surface area (Å²) in [4.78, 5) is 0. The van der Waals surface area contributed by atoms with Crippen LogP contribution in [-0.2, 0) is 11.3 Å². The van der Waals surface area contributed by atoms with Crippen LogP contribution in [0.4, 0.5) is 0 Å². The second-order valence-electron chi connectivity index (χ2n) is 3.72. The van der Waals surface area contributed by atoms with Gasteiger partial charge in [0, 0.05) is 0 Å². The topological polar surface area (TPSA) is 9.23 Å². The van der Waals surface area contributed by atoms with Crippen LogP contribution in [0.3, 0.4) is 0 Å². The van der Waals surface area contributed by atoms with Crippen molar-refractivity contribution in [3.63, 3.8) is 0 Å². The molecule has 1 aliphatic rings. The van der Waals surface area contributed by atoms with Crippen molar-refractivity contribution in [1.29, 1.82) is 0 Å². The Balaban J connectivity index is 1.68. The molecule has 0 bridgehead atoms. The first-order valence-corrected chi connectivity index (χ1v) is 5.25. The van der Waals surface area contributed by atoms with Gasteiger partial charge in [-0.1, -0.05) is 42.0 Å².